The first kappa shape index (κ1) is 13.6. The highest BCUT2D eigenvalue weighted by Gasteiger charge is 2.25. The fraction of sp³-hybridized carbons (Fsp3) is 0.467. The van der Waals surface area contributed by atoms with Gasteiger partial charge in [0, 0.05) is 37.3 Å². The van der Waals surface area contributed by atoms with E-state index in [2.05, 4.69) is 0 Å². The molecule has 0 N–H and O–H groups in total. The quantitative estimate of drug-likeness (QED) is 0.834. The number of rotatable bonds is 3. The van der Waals surface area contributed by atoms with Crippen LogP contribution < -0.4 is 4.90 Å². The molecule has 0 radical (unpaired) electrons. The molecule has 1 amide bonds. The van der Waals surface area contributed by atoms with Gasteiger partial charge in [-0.15, -0.1) is 0 Å². The molecule has 2 rings (SSSR count). The summed E-state index contributed by atoms with van der Waals surface area (Å²) in [5.41, 5.74) is 1.61. The third-order valence-electron chi connectivity index (χ3n) is 3.65. The number of hydrogen-bond donors (Lipinski definition) is 0. The van der Waals surface area contributed by atoms with Crippen molar-refractivity contribution in [1.29, 1.82) is 0 Å². The molecule has 0 unspecified atom stereocenters. The number of amides is 1. The first-order valence-corrected chi connectivity index (χ1v) is 6.63. The van der Waals surface area contributed by atoms with Gasteiger partial charge in [-0.25, -0.2) is 0 Å². The standard InChI is InChI=1S/C15H20N2O2/c1-11(2)16(3)15(19)10-17-9-8-14(18)12-6-4-5-7-13(12)17/h4-7,11H,8-10H2,1-3H3. The summed E-state index contributed by atoms with van der Waals surface area (Å²) in [5.74, 6) is 0.246. The predicted octanol–water partition coefficient (Wildman–Crippen LogP) is 1.95. The van der Waals surface area contributed by atoms with Crippen molar-refractivity contribution in [2.45, 2.75) is 26.3 Å². The molecule has 1 aromatic rings. The van der Waals surface area contributed by atoms with E-state index in [1.807, 2.05) is 50.1 Å². The van der Waals surface area contributed by atoms with Crippen LogP contribution in [-0.2, 0) is 4.79 Å². The van der Waals surface area contributed by atoms with Crippen molar-refractivity contribution in [1.82, 2.24) is 4.90 Å². The van der Waals surface area contributed by atoms with E-state index in [1.54, 1.807) is 4.90 Å². The lowest BCUT2D eigenvalue weighted by atomic mass is 10.0. The van der Waals surface area contributed by atoms with E-state index in [1.165, 1.54) is 0 Å². The van der Waals surface area contributed by atoms with Crippen LogP contribution in [0.25, 0.3) is 0 Å². The van der Waals surface area contributed by atoms with Gasteiger partial charge in [0.2, 0.25) is 5.91 Å². The lowest BCUT2D eigenvalue weighted by Crippen LogP contribution is -2.43. The van der Waals surface area contributed by atoms with Crippen LogP contribution in [0.3, 0.4) is 0 Å². The fourth-order valence-corrected chi connectivity index (χ4v) is 2.20. The molecule has 1 aliphatic heterocycles. The van der Waals surface area contributed by atoms with E-state index in [0.29, 0.717) is 19.5 Å². The van der Waals surface area contributed by atoms with Gasteiger partial charge in [-0.05, 0) is 26.0 Å². The Kier molecular flexibility index (Phi) is 3.88. The minimum absolute atomic E-state index is 0.0825. The highest BCUT2D eigenvalue weighted by Crippen LogP contribution is 2.26. The number of carbonyl (C=O) groups excluding carboxylic acids is 2. The van der Waals surface area contributed by atoms with Gasteiger partial charge in [0.15, 0.2) is 5.78 Å². The van der Waals surface area contributed by atoms with E-state index in [0.717, 1.165) is 11.3 Å². The number of Topliss-reactive ketones (excluding diaryl/α,β-unsaturated/α-hetero) is 1. The van der Waals surface area contributed by atoms with E-state index >= 15 is 0 Å². The van der Waals surface area contributed by atoms with Crippen LogP contribution in [0.1, 0.15) is 30.6 Å². The number of anilines is 1. The minimum Gasteiger partial charge on any atom is -0.361 e. The Morgan fingerprint density at radius 2 is 2.05 bits per heavy atom. The summed E-state index contributed by atoms with van der Waals surface area (Å²) in [5, 5.41) is 0. The Bertz CT molecular complexity index is 497. The molecular formula is C15H20N2O2. The lowest BCUT2D eigenvalue weighted by molar-refractivity contribution is -0.129. The summed E-state index contributed by atoms with van der Waals surface area (Å²) in [6.45, 7) is 4.93. The van der Waals surface area contributed by atoms with Crippen molar-refractivity contribution in [3.63, 3.8) is 0 Å². The molecule has 0 aliphatic carbocycles. The zero-order chi connectivity index (χ0) is 14.0. The average molecular weight is 260 g/mol. The molecule has 0 fully saturated rings. The highest BCUT2D eigenvalue weighted by molar-refractivity contribution is 6.03. The van der Waals surface area contributed by atoms with Crippen molar-refractivity contribution in [3.05, 3.63) is 29.8 Å². The maximum atomic E-state index is 12.1. The van der Waals surface area contributed by atoms with E-state index in [9.17, 15) is 9.59 Å². The van der Waals surface area contributed by atoms with Crippen molar-refractivity contribution in [2.24, 2.45) is 0 Å². The Balaban J connectivity index is 2.17. The predicted molar refractivity (Wildman–Crippen MR) is 75.5 cm³/mol. The van der Waals surface area contributed by atoms with Gasteiger partial charge in [-0.3, -0.25) is 9.59 Å². The number of likely N-dealkylation sites (N-methyl/N-ethyl adjacent to an activating group) is 1. The third kappa shape index (κ3) is 2.78. The van der Waals surface area contributed by atoms with Crippen molar-refractivity contribution in [2.75, 3.05) is 25.0 Å². The Morgan fingerprint density at radius 3 is 2.74 bits per heavy atom. The number of fused-ring (bicyclic) bond motifs is 1. The summed E-state index contributed by atoms with van der Waals surface area (Å²) < 4.78 is 0. The molecule has 0 aromatic heterocycles. The monoisotopic (exact) mass is 260 g/mol. The number of nitrogens with zero attached hydrogens (tertiary/aromatic N) is 2. The SMILES string of the molecule is CC(C)N(C)C(=O)CN1CCC(=O)c2ccccc21. The van der Waals surface area contributed by atoms with E-state index < -0.39 is 0 Å². The zero-order valence-corrected chi connectivity index (χ0v) is 11.7. The summed E-state index contributed by atoms with van der Waals surface area (Å²) in [7, 11) is 1.81. The zero-order valence-electron chi connectivity index (χ0n) is 11.7. The second kappa shape index (κ2) is 5.43. The van der Waals surface area contributed by atoms with Crippen LogP contribution in [-0.4, -0.2) is 42.8 Å². The summed E-state index contributed by atoms with van der Waals surface area (Å²) in [6.07, 6.45) is 0.482. The Hall–Kier alpha value is -1.84. The van der Waals surface area contributed by atoms with Gasteiger partial charge in [-0.1, -0.05) is 12.1 Å². The molecular weight excluding hydrogens is 240 g/mol. The van der Waals surface area contributed by atoms with Gasteiger partial charge >= 0.3 is 0 Å². The number of hydrogen-bond acceptors (Lipinski definition) is 3. The van der Waals surface area contributed by atoms with E-state index in [4.69, 9.17) is 0 Å². The van der Waals surface area contributed by atoms with Crippen LogP contribution in [0.2, 0.25) is 0 Å². The van der Waals surface area contributed by atoms with Gasteiger partial charge < -0.3 is 9.80 Å². The van der Waals surface area contributed by atoms with Crippen molar-refractivity contribution in [3.8, 4) is 0 Å². The molecule has 0 atom stereocenters. The summed E-state index contributed by atoms with van der Waals surface area (Å²) in [4.78, 5) is 27.7. The molecule has 0 saturated carbocycles. The van der Waals surface area contributed by atoms with E-state index in [-0.39, 0.29) is 17.7 Å². The first-order valence-electron chi connectivity index (χ1n) is 6.63. The van der Waals surface area contributed by atoms with Crippen LogP contribution in [0.15, 0.2) is 24.3 Å². The molecule has 102 valence electrons. The van der Waals surface area contributed by atoms with Crippen molar-refractivity contribution >= 4 is 17.4 Å². The molecule has 1 heterocycles. The second-order valence-electron chi connectivity index (χ2n) is 5.21. The molecule has 1 aromatic carbocycles. The first-order chi connectivity index (χ1) is 9.00. The minimum atomic E-state index is 0.0825. The van der Waals surface area contributed by atoms with Gasteiger partial charge in [0.05, 0.1) is 6.54 Å². The molecule has 1 aliphatic rings. The molecule has 19 heavy (non-hydrogen) atoms. The lowest BCUT2D eigenvalue weighted by Gasteiger charge is -2.32. The number of para-hydroxylation sites is 1. The highest BCUT2D eigenvalue weighted by atomic mass is 16.2. The molecule has 4 heteroatoms. The molecule has 0 saturated heterocycles. The van der Waals surface area contributed by atoms with Gasteiger partial charge in [0.25, 0.3) is 0 Å². The Morgan fingerprint density at radius 1 is 1.37 bits per heavy atom. The smallest absolute Gasteiger partial charge is 0.242 e. The fourth-order valence-electron chi connectivity index (χ4n) is 2.20. The number of carbonyl (C=O) groups is 2. The molecule has 0 spiro atoms. The number of benzene rings is 1. The summed E-state index contributed by atoms with van der Waals surface area (Å²) in [6, 6.07) is 7.70. The third-order valence-corrected chi connectivity index (χ3v) is 3.65. The maximum absolute atomic E-state index is 12.1. The van der Waals surface area contributed by atoms with Crippen LogP contribution in [0.5, 0.6) is 0 Å². The normalized spacial score (nSPS) is 14.5. The molecule has 4 nitrogen and oxygen atoms in total. The van der Waals surface area contributed by atoms with Crippen LogP contribution >= 0.6 is 0 Å². The maximum Gasteiger partial charge on any atom is 0.242 e. The second-order valence-corrected chi connectivity index (χ2v) is 5.21. The largest absolute Gasteiger partial charge is 0.361 e. The van der Waals surface area contributed by atoms with Crippen LogP contribution in [0.4, 0.5) is 5.69 Å². The Labute approximate surface area is 114 Å². The van der Waals surface area contributed by atoms with Crippen molar-refractivity contribution < 1.29 is 9.59 Å². The van der Waals surface area contributed by atoms with Gasteiger partial charge in [-0.2, -0.15) is 0 Å². The topological polar surface area (TPSA) is 40.6 Å². The summed E-state index contributed by atoms with van der Waals surface area (Å²) >= 11 is 0. The average Bonchev–Trinajstić information content (AvgIpc) is 2.41. The molecule has 0 bridgehead atoms. The van der Waals surface area contributed by atoms with Gasteiger partial charge in [0.1, 0.15) is 0 Å². The number of ketones is 1. The van der Waals surface area contributed by atoms with Crippen LogP contribution in [0, 0.1) is 0 Å².